The zero-order valence-electron chi connectivity index (χ0n) is 13.5. The number of aryl methyl sites for hydroxylation is 1. The quantitative estimate of drug-likeness (QED) is 0.870. The van der Waals surface area contributed by atoms with Gasteiger partial charge < -0.3 is 10.2 Å². The number of benzene rings is 1. The molecule has 5 heteroatoms. The summed E-state index contributed by atoms with van der Waals surface area (Å²) in [6.07, 6.45) is 1.24. The molecule has 0 radical (unpaired) electrons. The van der Waals surface area contributed by atoms with Gasteiger partial charge in [0.1, 0.15) is 0 Å². The van der Waals surface area contributed by atoms with Crippen LogP contribution in [0, 0.1) is 0 Å². The van der Waals surface area contributed by atoms with E-state index < -0.39 is 0 Å². The molecule has 1 heterocycles. The van der Waals surface area contributed by atoms with E-state index in [2.05, 4.69) is 29.1 Å². The molecule has 1 saturated heterocycles. The molecule has 2 rings (SSSR count). The van der Waals surface area contributed by atoms with Crippen LogP contribution in [0.25, 0.3) is 0 Å². The average Bonchev–Trinajstić information content (AvgIpc) is 2.51. The molecule has 4 nitrogen and oxygen atoms in total. The fourth-order valence-electron chi connectivity index (χ4n) is 2.69. The largest absolute Gasteiger partial charge is 0.355 e. The van der Waals surface area contributed by atoms with Crippen LogP contribution in [0.15, 0.2) is 24.3 Å². The van der Waals surface area contributed by atoms with E-state index >= 15 is 0 Å². The molecule has 122 valence electrons. The third-order valence-corrected chi connectivity index (χ3v) is 4.52. The van der Waals surface area contributed by atoms with Gasteiger partial charge in [-0.1, -0.05) is 23.7 Å². The highest BCUT2D eigenvalue weighted by Crippen LogP contribution is 2.12. The van der Waals surface area contributed by atoms with Gasteiger partial charge in [0.15, 0.2) is 0 Å². The Balaban J connectivity index is 1.67. The number of likely N-dealkylation sites (N-methyl/N-ethyl adjacent to an activating group) is 1. The van der Waals surface area contributed by atoms with Gasteiger partial charge in [0, 0.05) is 50.2 Å². The average molecular weight is 324 g/mol. The molecule has 0 aliphatic carbocycles. The molecule has 1 aromatic carbocycles. The van der Waals surface area contributed by atoms with Crippen molar-refractivity contribution >= 4 is 17.5 Å². The van der Waals surface area contributed by atoms with Crippen LogP contribution < -0.4 is 5.32 Å². The molecule has 0 spiro atoms. The molecule has 1 unspecified atom stereocenters. The summed E-state index contributed by atoms with van der Waals surface area (Å²) in [7, 11) is 2.15. The number of amides is 1. The van der Waals surface area contributed by atoms with Gasteiger partial charge >= 0.3 is 0 Å². The molecule has 1 fully saturated rings. The van der Waals surface area contributed by atoms with E-state index in [1.54, 1.807) is 0 Å². The first-order valence-electron chi connectivity index (χ1n) is 7.98. The van der Waals surface area contributed by atoms with E-state index in [9.17, 15) is 4.79 Å². The Labute approximate surface area is 138 Å². The number of carbonyl (C=O) groups excluding carboxylic acids is 1. The monoisotopic (exact) mass is 323 g/mol. The van der Waals surface area contributed by atoms with Gasteiger partial charge in [-0.05, 0) is 38.1 Å². The normalized spacial score (nSPS) is 18.1. The summed E-state index contributed by atoms with van der Waals surface area (Å²) < 4.78 is 0. The number of nitrogens with zero attached hydrogens (tertiary/aromatic N) is 2. The van der Waals surface area contributed by atoms with Crippen molar-refractivity contribution < 1.29 is 4.79 Å². The van der Waals surface area contributed by atoms with Crippen LogP contribution in [-0.4, -0.2) is 61.5 Å². The van der Waals surface area contributed by atoms with Crippen LogP contribution in [-0.2, 0) is 11.2 Å². The predicted molar refractivity (Wildman–Crippen MR) is 91.3 cm³/mol. The number of halogens is 1. The molecule has 0 bridgehead atoms. The van der Waals surface area contributed by atoms with Gasteiger partial charge in [0.25, 0.3) is 0 Å². The van der Waals surface area contributed by atoms with E-state index in [1.807, 2.05) is 24.3 Å². The Hall–Kier alpha value is -1.10. The van der Waals surface area contributed by atoms with E-state index in [-0.39, 0.29) is 5.91 Å². The van der Waals surface area contributed by atoms with Crippen LogP contribution in [0.4, 0.5) is 0 Å². The SMILES string of the molecule is CC(CNC(=O)CCc1cccc(Cl)c1)N1CCN(C)CC1. The van der Waals surface area contributed by atoms with E-state index in [0.29, 0.717) is 12.5 Å². The molecule has 22 heavy (non-hydrogen) atoms. The summed E-state index contributed by atoms with van der Waals surface area (Å²) in [5.74, 6) is 0.112. The number of hydrogen-bond acceptors (Lipinski definition) is 3. The van der Waals surface area contributed by atoms with Crippen molar-refractivity contribution in [2.45, 2.75) is 25.8 Å². The van der Waals surface area contributed by atoms with Crippen molar-refractivity contribution in [1.82, 2.24) is 15.1 Å². The summed E-state index contributed by atoms with van der Waals surface area (Å²) in [5.41, 5.74) is 1.11. The Morgan fingerprint density at radius 2 is 2.05 bits per heavy atom. The summed E-state index contributed by atoms with van der Waals surface area (Å²) in [4.78, 5) is 16.8. The van der Waals surface area contributed by atoms with Crippen molar-refractivity contribution in [3.8, 4) is 0 Å². The van der Waals surface area contributed by atoms with Gasteiger partial charge in [0.05, 0.1) is 0 Å². The predicted octanol–water partition coefficient (Wildman–Crippen LogP) is 2.02. The van der Waals surface area contributed by atoms with Crippen LogP contribution in [0.5, 0.6) is 0 Å². The van der Waals surface area contributed by atoms with Crippen LogP contribution in [0.1, 0.15) is 18.9 Å². The maximum Gasteiger partial charge on any atom is 0.220 e. The van der Waals surface area contributed by atoms with Crippen molar-refractivity contribution in [1.29, 1.82) is 0 Å². The Bertz CT molecular complexity index is 487. The second-order valence-electron chi connectivity index (χ2n) is 6.12. The molecule has 0 aromatic heterocycles. The molecule has 1 aliphatic heterocycles. The van der Waals surface area contributed by atoms with Gasteiger partial charge in [-0.2, -0.15) is 0 Å². The van der Waals surface area contributed by atoms with E-state index in [1.165, 1.54) is 0 Å². The Morgan fingerprint density at radius 1 is 1.32 bits per heavy atom. The number of carbonyl (C=O) groups is 1. The van der Waals surface area contributed by atoms with Gasteiger partial charge in [0.2, 0.25) is 5.91 Å². The molecular weight excluding hydrogens is 298 g/mol. The zero-order chi connectivity index (χ0) is 15.9. The fraction of sp³-hybridized carbons (Fsp3) is 0.588. The first-order chi connectivity index (χ1) is 10.5. The topological polar surface area (TPSA) is 35.6 Å². The third kappa shape index (κ3) is 5.59. The molecule has 1 aliphatic rings. The minimum absolute atomic E-state index is 0.112. The number of rotatable bonds is 6. The Kier molecular flexibility index (Phi) is 6.68. The number of nitrogens with one attached hydrogen (secondary N) is 1. The van der Waals surface area contributed by atoms with Gasteiger partial charge in [-0.3, -0.25) is 9.69 Å². The maximum absolute atomic E-state index is 12.0. The smallest absolute Gasteiger partial charge is 0.220 e. The van der Waals surface area contributed by atoms with Gasteiger partial charge in [-0.25, -0.2) is 0 Å². The lowest BCUT2D eigenvalue weighted by atomic mass is 10.1. The van der Waals surface area contributed by atoms with E-state index in [4.69, 9.17) is 11.6 Å². The van der Waals surface area contributed by atoms with E-state index in [0.717, 1.165) is 49.7 Å². The maximum atomic E-state index is 12.0. The lowest BCUT2D eigenvalue weighted by molar-refractivity contribution is -0.121. The summed E-state index contributed by atoms with van der Waals surface area (Å²) in [6, 6.07) is 8.09. The third-order valence-electron chi connectivity index (χ3n) is 4.29. The zero-order valence-corrected chi connectivity index (χ0v) is 14.3. The molecular formula is C17H26ClN3O. The summed E-state index contributed by atoms with van der Waals surface area (Å²) in [6.45, 7) is 7.27. The van der Waals surface area contributed by atoms with Crippen LogP contribution >= 0.6 is 11.6 Å². The first kappa shape index (κ1) is 17.3. The Morgan fingerprint density at radius 3 is 2.73 bits per heavy atom. The highest BCUT2D eigenvalue weighted by Gasteiger charge is 2.19. The van der Waals surface area contributed by atoms with Crippen LogP contribution in [0.2, 0.25) is 5.02 Å². The number of hydrogen-bond donors (Lipinski definition) is 1. The second-order valence-corrected chi connectivity index (χ2v) is 6.56. The lowest BCUT2D eigenvalue weighted by Crippen LogP contribution is -2.51. The van der Waals surface area contributed by atoms with Crippen molar-refractivity contribution in [2.24, 2.45) is 0 Å². The van der Waals surface area contributed by atoms with Crippen molar-refractivity contribution in [3.05, 3.63) is 34.9 Å². The minimum Gasteiger partial charge on any atom is -0.355 e. The minimum atomic E-state index is 0.112. The summed E-state index contributed by atoms with van der Waals surface area (Å²) in [5, 5.41) is 3.77. The molecule has 1 atom stereocenters. The van der Waals surface area contributed by atoms with Gasteiger partial charge in [-0.15, -0.1) is 0 Å². The lowest BCUT2D eigenvalue weighted by Gasteiger charge is -2.36. The standard InChI is InChI=1S/C17H26ClN3O/c1-14(21-10-8-20(2)9-11-21)13-19-17(22)7-6-15-4-3-5-16(18)12-15/h3-5,12,14H,6-11,13H2,1-2H3,(H,19,22). The van der Waals surface area contributed by atoms with Crippen molar-refractivity contribution in [2.75, 3.05) is 39.8 Å². The molecule has 1 aromatic rings. The molecule has 0 saturated carbocycles. The molecule has 1 N–H and O–H groups in total. The van der Waals surface area contributed by atoms with Crippen LogP contribution in [0.3, 0.4) is 0 Å². The number of piperazine rings is 1. The highest BCUT2D eigenvalue weighted by molar-refractivity contribution is 6.30. The first-order valence-corrected chi connectivity index (χ1v) is 8.36. The second kappa shape index (κ2) is 8.51. The van der Waals surface area contributed by atoms with Crippen molar-refractivity contribution in [3.63, 3.8) is 0 Å². The molecule has 1 amide bonds. The fourth-order valence-corrected chi connectivity index (χ4v) is 2.90. The highest BCUT2D eigenvalue weighted by atomic mass is 35.5. The summed E-state index contributed by atoms with van der Waals surface area (Å²) >= 11 is 5.95.